The first kappa shape index (κ1) is 8.57. The smallest absolute Gasteiger partial charge is 0.0702 e. The number of hydrogen-bond donors (Lipinski definition) is 2. The van der Waals surface area contributed by atoms with Gasteiger partial charge in [-0.05, 0) is 25.3 Å². The zero-order valence-electron chi connectivity index (χ0n) is 7.88. The number of para-hydroxylation sites is 1. The number of fused-ring (bicyclic) bond motifs is 1. The van der Waals surface area contributed by atoms with Gasteiger partial charge >= 0.3 is 0 Å². The predicted molar refractivity (Wildman–Crippen MR) is 53.8 cm³/mol. The van der Waals surface area contributed by atoms with Crippen LogP contribution in [0.3, 0.4) is 0 Å². The van der Waals surface area contributed by atoms with Crippen molar-refractivity contribution < 1.29 is 5.11 Å². The van der Waals surface area contributed by atoms with Crippen molar-refractivity contribution in [3.05, 3.63) is 29.3 Å². The number of rotatable bonds is 1. The first-order chi connectivity index (χ1) is 6.31. The van der Waals surface area contributed by atoms with Crippen molar-refractivity contribution in [1.29, 1.82) is 0 Å². The third-order valence-corrected chi connectivity index (χ3v) is 2.64. The molecule has 0 bridgehead atoms. The van der Waals surface area contributed by atoms with Gasteiger partial charge in [-0.25, -0.2) is 0 Å². The SMILES string of the molecule is C[C@@H]1CCc2cccc(CO)c2N1. The molecule has 1 atom stereocenters. The molecule has 2 nitrogen and oxygen atoms in total. The third kappa shape index (κ3) is 1.54. The van der Waals surface area contributed by atoms with Crippen LogP contribution in [0.2, 0.25) is 0 Å². The lowest BCUT2D eigenvalue weighted by molar-refractivity contribution is 0.282. The van der Waals surface area contributed by atoms with Crippen LogP contribution in [0.5, 0.6) is 0 Å². The Morgan fingerprint density at radius 1 is 1.54 bits per heavy atom. The minimum atomic E-state index is 0.128. The molecular formula is C11H15NO. The van der Waals surface area contributed by atoms with Gasteiger partial charge in [0.25, 0.3) is 0 Å². The molecule has 0 spiro atoms. The van der Waals surface area contributed by atoms with Crippen LogP contribution in [0, 0.1) is 0 Å². The van der Waals surface area contributed by atoms with Crippen LogP contribution in [0.15, 0.2) is 18.2 Å². The van der Waals surface area contributed by atoms with Crippen LogP contribution >= 0.6 is 0 Å². The second-order valence-corrected chi connectivity index (χ2v) is 3.69. The second kappa shape index (κ2) is 3.38. The van der Waals surface area contributed by atoms with Gasteiger partial charge in [0, 0.05) is 17.3 Å². The standard InChI is InChI=1S/C11H15NO/c1-8-5-6-9-3-2-4-10(7-13)11(9)12-8/h2-4,8,12-13H,5-7H2,1H3/t8-/m1/s1. The number of nitrogens with one attached hydrogen (secondary N) is 1. The van der Waals surface area contributed by atoms with Gasteiger partial charge in [0.05, 0.1) is 6.61 Å². The van der Waals surface area contributed by atoms with Gasteiger partial charge in [-0.2, -0.15) is 0 Å². The Labute approximate surface area is 78.6 Å². The summed E-state index contributed by atoms with van der Waals surface area (Å²) in [7, 11) is 0. The highest BCUT2D eigenvalue weighted by molar-refractivity contribution is 5.59. The topological polar surface area (TPSA) is 32.3 Å². The molecular weight excluding hydrogens is 162 g/mol. The monoisotopic (exact) mass is 177 g/mol. The molecule has 2 N–H and O–H groups in total. The fourth-order valence-corrected chi connectivity index (χ4v) is 1.87. The summed E-state index contributed by atoms with van der Waals surface area (Å²) in [5.41, 5.74) is 3.51. The molecule has 0 saturated carbocycles. The van der Waals surface area contributed by atoms with Crippen LogP contribution in [-0.2, 0) is 13.0 Å². The van der Waals surface area contributed by atoms with E-state index in [4.69, 9.17) is 5.11 Å². The Balaban J connectivity index is 2.41. The molecule has 70 valence electrons. The van der Waals surface area contributed by atoms with Crippen LogP contribution in [0.1, 0.15) is 24.5 Å². The molecule has 1 aromatic carbocycles. The summed E-state index contributed by atoms with van der Waals surface area (Å²) in [5, 5.41) is 12.6. The number of aryl methyl sites for hydroxylation is 1. The van der Waals surface area contributed by atoms with Crippen LogP contribution in [0.25, 0.3) is 0 Å². The Kier molecular flexibility index (Phi) is 2.23. The molecule has 2 heteroatoms. The van der Waals surface area contributed by atoms with Crippen LogP contribution in [-0.4, -0.2) is 11.1 Å². The highest BCUT2D eigenvalue weighted by Crippen LogP contribution is 2.28. The molecule has 0 aliphatic carbocycles. The van der Waals surface area contributed by atoms with E-state index in [1.165, 1.54) is 12.0 Å². The second-order valence-electron chi connectivity index (χ2n) is 3.69. The highest BCUT2D eigenvalue weighted by Gasteiger charge is 2.15. The summed E-state index contributed by atoms with van der Waals surface area (Å²) < 4.78 is 0. The van der Waals surface area contributed by atoms with Crippen molar-refractivity contribution >= 4 is 5.69 Å². The fourth-order valence-electron chi connectivity index (χ4n) is 1.87. The Morgan fingerprint density at radius 2 is 2.38 bits per heavy atom. The summed E-state index contributed by atoms with van der Waals surface area (Å²) in [6.45, 7) is 2.31. The molecule has 0 fully saturated rings. The van der Waals surface area contributed by atoms with Gasteiger partial charge in [0.15, 0.2) is 0 Å². The minimum absolute atomic E-state index is 0.128. The number of aliphatic hydroxyl groups is 1. The van der Waals surface area contributed by atoms with Gasteiger partial charge in [-0.1, -0.05) is 18.2 Å². The van der Waals surface area contributed by atoms with E-state index in [2.05, 4.69) is 18.3 Å². The number of benzene rings is 1. The Bertz CT molecular complexity index is 295. The van der Waals surface area contributed by atoms with E-state index in [1.54, 1.807) is 0 Å². The number of anilines is 1. The van der Waals surface area contributed by atoms with E-state index in [9.17, 15) is 0 Å². The van der Waals surface area contributed by atoms with Gasteiger partial charge in [0.2, 0.25) is 0 Å². The maximum atomic E-state index is 9.14. The number of aliphatic hydroxyl groups excluding tert-OH is 1. The van der Waals surface area contributed by atoms with Gasteiger partial charge in [-0.3, -0.25) is 0 Å². The first-order valence-corrected chi connectivity index (χ1v) is 4.79. The van der Waals surface area contributed by atoms with E-state index in [0.29, 0.717) is 6.04 Å². The molecule has 2 rings (SSSR count). The van der Waals surface area contributed by atoms with Gasteiger partial charge in [-0.15, -0.1) is 0 Å². The lowest BCUT2D eigenvalue weighted by atomic mass is 9.96. The summed E-state index contributed by atoms with van der Waals surface area (Å²) in [4.78, 5) is 0. The Hall–Kier alpha value is -1.02. The van der Waals surface area contributed by atoms with Crippen molar-refractivity contribution in [3.8, 4) is 0 Å². The zero-order valence-corrected chi connectivity index (χ0v) is 7.88. The zero-order chi connectivity index (χ0) is 9.26. The maximum Gasteiger partial charge on any atom is 0.0702 e. The van der Waals surface area contributed by atoms with E-state index in [0.717, 1.165) is 17.7 Å². The van der Waals surface area contributed by atoms with Crippen LogP contribution < -0.4 is 5.32 Å². The largest absolute Gasteiger partial charge is 0.392 e. The van der Waals surface area contributed by atoms with Crippen molar-refractivity contribution in [2.45, 2.75) is 32.4 Å². The van der Waals surface area contributed by atoms with E-state index in [-0.39, 0.29) is 6.61 Å². The molecule has 13 heavy (non-hydrogen) atoms. The number of hydrogen-bond acceptors (Lipinski definition) is 2. The molecule has 0 unspecified atom stereocenters. The van der Waals surface area contributed by atoms with E-state index in [1.807, 2.05) is 12.1 Å². The first-order valence-electron chi connectivity index (χ1n) is 4.79. The minimum Gasteiger partial charge on any atom is -0.392 e. The average molecular weight is 177 g/mol. The molecule has 0 saturated heterocycles. The maximum absolute atomic E-state index is 9.14. The normalized spacial score (nSPS) is 20.6. The van der Waals surface area contributed by atoms with Crippen LogP contribution in [0.4, 0.5) is 5.69 Å². The van der Waals surface area contributed by atoms with E-state index >= 15 is 0 Å². The van der Waals surface area contributed by atoms with Crippen molar-refractivity contribution in [3.63, 3.8) is 0 Å². The molecule has 1 heterocycles. The fraction of sp³-hybridized carbons (Fsp3) is 0.455. The average Bonchev–Trinajstić information content (AvgIpc) is 2.17. The predicted octanol–water partition coefficient (Wildman–Crippen LogP) is 1.93. The highest BCUT2D eigenvalue weighted by atomic mass is 16.3. The lowest BCUT2D eigenvalue weighted by Gasteiger charge is -2.25. The third-order valence-electron chi connectivity index (χ3n) is 2.64. The van der Waals surface area contributed by atoms with Gasteiger partial charge < -0.3 is 10.4 Å². The summed E-state index contributed by atoms with van der Waals surface area (Å²) in [6.07, 6.45) is 2.30. The van der Waals surface area contributed by atoms with Gasteiger partial charge in [0.1, 0.15) is 0 Å². The van der Waals surface area contributed by atoms with Crippen molar-refractivity contribution in [2.24, 2.45) is 0 Å². The summed E-state index contributed by atoms with van der Waals surface area (Å²) in [6, 6.07) is 6.65. The summed E-state index contributed by atoms with van der Waals surface area (Å²) >= 11 is 0. The molecule has 1 aromatic rings. The Morgan fingerprint density at radius 3 is 3.15 bits per heavy atom. The quantitative estimate of drug-likeness (QED) is 0.687. The molecule has 1 aliphatic rings. The lowest BCUT2D eigenvalue weighted by Crippen LogP contribution is -2.23. The molecule has 0 radical (unpaired) electrons. The van der Waals surface area contributed by atoms with Crippen molar-refractivity contribution in [1.82, 2.24) is 0 Å². The molecule has 0 amide bonds. The summed E-state index contributed by atoms with van der Waals surface area (Å²) in [5.74, 6) is 0. The van der Waals surface area contributed by atoms with E-state index < -0.39 is 0 Å². The molecule has 0 aromatic heterocycles. The van der Waals surface area contributed by atoms with Crippen molar-refractivity contribution in [2.75, 3.05) is 5.32 Å². The molecule has 1 aliphatic heterocycles.